The largest absolute Gasteiger partial charge is 0.386 e. The third-order valence-electron chi connectivity index (χ3n) is 2.25. The maximum absolute atomic E-state index is 12.9. The van der Waals surface area contributed by atoms with Crippen LogP contribution in [0.2, 0.25) is 0 Å². The lowest BCUT2D eigenvalue weighted by molar-refractivity contribution is -0.0548. The molecule has 1 saturated carbocycles. The first-order valence-electron chi connectivity index (χ1n) is 3.75. The second-order valence-corrected chi connectivity index (χ2v) is 3.02. The number of rotatable bonds is 1. The Kier molecular flexibility index (Phi) is 2.26. The van der Waals surface area contributed by atoms with Crippen LogP contribution < -0.4 is 5.73 Å². The van der Waals surface area contributed by atoms with E-state index in [2.05, 4.69) is 0 Å². The number of nitrogens with two attached hydrogens (primary N) is 1. The minimum Gasteiger partial charge on any atom is -0.386 e. The van der Waals surface area contributed by atoms with Crippen molar-refractivity contribution in [1.29, 1.82) is 0 Å². The lowest BCUT2D eigenvalue weighted by Crippen LogP contribution is -2.48. The summed E-state index contributed by atoms with van der Waals surface area (Å²) >= 11 is 0. The summed E-state index contributed by atoms with van der Waals surface area (Å²) in [7, 11) is 0. The van der Waals surface area contributed by atoms with Gasteiger partial charge in [-0.2, -0.15) is 0 Å². The normalized spacial score (nSPS) is 41.7. The Bertz CT molecular complexity index is 120. The number of aliphatic hydroxyl groups is 1. The second-order valence-electron chi connectivity index (χ2n) is 3.02. The van der Waals surface area contributed by atoms with E-state index in [4.69, 9.17) is 5.73 Å². The smallest absolute Gasteiger partial charge is 0.130 e. The molecule has 3 heteroatoms. The molecule has 3 N–H and O–H groups in total. The molecule has 0 heterocycles. The number of halogens is 1. The quantitative estimate of drug-likeness (QED) is 0.570. The Hall–Kier alpha value is -0.150. The van der Waals surface area contributed by atoms with Gasteiger partial charge in [-0.3, -0.25) is 0 Å². The zero-order chi connectivity index (χ0) is 7.61. The third kappa shape index (κ3) is 1.30. The SMILES string of the molecule is NC[C@]1(O)CCCC[C@@H]1F. The molecule has 0 aliphatic heterocycles. The van der Waals surface area contributed by atoms with Crippen molar-refractivity contribution in [2.24, 2.45) is 5.73 Å². The van der Waals surface area contributed by atoms with Gasteiger partial charge in [0.2, 0.25) is 0 Å². The van der Waals surface area contributed by atoms with Crippen LogP contribution in [0.15, 0.2) is 0 Å². The van der Waals surface area contributed by atoms with Crippen molar-refractivity contribution in [3.63, 3.8) is 0 Å². The summed E-state index contributed by atoms with van der Waals surface area (Å²) in [6.45, 7) is 0.0498. The molecular formula is C7H14FNO. The van der Waals surface area contributed by atoms with Gasteiger partial charge in [0.1, 0.15) is 11.8 Å². The summed E-state index contributed by atoms with van der Waals surface area (Å²) in [5.41, 5.74) is 4.03. The first kappa shape index (κ1) is 7.95. The molecule has 2 nitrogen and oxygen atoms in total. The molecule has 0 radical (unpaired) electrons. The highest BCUT2D eigenvalue weighted by Crippen LogP contribution is 2.29. The standard InChI is InChI=1S/C7H14FNO/c8-6-3-1-2-4-7(6,10)5-9/h6,10H,1-5,9H2/t6-,7+/m0/s1. The van der Waals surface area contributed by atoms with Gasteiger partial charge in [0.05, 0.1) is 0 Å². The Balaban J connectivity index is 2.54. The van der Waals surface area contributed by atoms with Gasteiger partial charge < -0.3 is 10.8 Å². The van der Waals surface area contributed by atoms with Crippen LogP contribution in [-0.4, -0.2) is 23.4 Å². The Morgan fingerprint density at radius 2 is 2.30 bits per heavy atom. The first-order chi connectivity index (χ1) is 4.69. The average molecular weight is 147 g/mol. The molecular weight excluding hydrogens is 133 g/mol. The molecule has 0 aromatic carbocycles. The predicted octanol–water partition coefficient (Wildman–Crippen LogP) is 0.588. The third-order valence-corrected chi connectivity index (χ3v) is 2.25. The molecule has 0 unspecified atom stereocenters. The van der Waals surface area contributed by atoms with E-state index < -0.39 is 11.8 Å². The zero-order valence-electron chi connectivity index (χ0n) is 6.02. The van der Waals surface area contributed by atoms with Crippen LogP contribution in [0.25, 0.3) is 0 Å². The molecule has 0 saturated heterocycles. The fourth-order valence-electron chi connectivity index (χ4n) is 1.41. The molecule has 2 atom stereocenters. The highest BCUT2D eigenvalue weighted by Gasteiger charge is 2.37. The van der Waals surface area contributed by atoms with Crippen LogP contribution in [0.1, 0.15) is 25.7 Å². The van der Waals surface area contributed by atoms with E-state index in [1.807, 2.05) is 0 Å². The van der Waals surface area contributed by atoms with Crippen LogP contribution in [-0.2, 0) is 0 Å². The molecule has 10 heavy (non-hydrogen) atoms. The summed E-state index contributed by atoms with van der Waals surface area (Å²) < 4.78 is 12.9. The fourth-order valence-corrected chi connectivity index (χ4v) is 1.41. The van der Waals surface area contributed by atoms with E-state index in [1.54, 1.807) is 0 Å². The van der Waals surface area contributed by atoms with Crippen molar-refractivity contribution in [2.45, 2.75) is 37.5 Å². The van der Waals surface area contributed by atoms with Crippen LogP contribution in [0.3, 0.4) is 0 Å². The lowest BCUT2D eigenvalue weighted by atomic mass is 9.83. The minimum atomic E-state index is -1.21. The fraction of sp³-hybridized carbons (Fsp3) is 1.00. The van der Waals surface area contributed by atoms with Gasteiger partial charge in [0, 0.05) is 6.54 Å². The van der Waals surface area contributed by atoms with Crippen LogP contribution in [0.5, 0.6) is 0 Å². The maximum Gasteiger partial charge on any atom is 0.130 e. The van der Waals surface area contributed by atoms with Gasteiger partial charge in [-0.25, -0.2) is 4.39 Å². The van der Waals surface area contributed by atoms with Gasteiger partial charge in [0.25, 0.3) is 0 Å². The van der Waals surface area contributed by atoms with Crippen LogP contribution >= 0.6 is 0 Å². The number of hydrogen-bond donors (Lipinski definition) is 2. The van der Waals surface area contributed by atoms with E-state index >= 15 is 0 Å². The second kappa shape index (κ2) is 2.84. The Labute approximate surface area is 60.2 Å². The number of hydrogen-bond acceptors (Lipinski definition) is 2. The first-order valence-corrected chi connectivity index (χ1v) is 3.75. The Morgan fingerprint density at radius 3 is 2.70 bits per heavy atom. The predicted molar refractivity (Wildman–Crippen MR) is 37.4 cm³/mol. The van der Waals surface area contributed by atoms with Crippen molar-refractivity contribution in [2.75, 3.05) is 6.54 Å². The molecule has 1 rings (SSSR count). The molecule has 1 aliphatic carbocycles. The molecule has 0 aromatic rings. The van der Waals surface area contributed by atoms with E-state index in [0.29, 0.717) is 12.8 Å². The lowest BCUT2D eigenvalue weighted by Gasteiger charge is -2.33. The summed E-state index contributed by atoms with van der Waals surface area (Å²) in [4.78, 5) is 0. The van der Waals surface area contributed by atoms with Crippen molar-refractivity contribution < 1.29 is 9.50 Å². The van der Waals surface area contributed by atoms with Gasteiger partial charge in [0.15, 0.2) is 0 Å². The van der Waals surface area contributed by atoms with Crippen molar-refractivity contribution in [1.82, 2.24) is 0 Å². The van der Waals surface area contributed by atoms with Crippen molar-refractivity contribution >= 4 is 0 Å². The van der Waals surface area contributed by atoms with Crippen LogP contribution in [0, 0.1) is 0 Å². The molecule has 0 bridgehead atoms. The summed E-state index contributed by atoms with van der Waals surface area (Å²) in [5, 5.41) is 9.45. The summed E-state index contributed by atoms with van der Waals surface area (Å²) in [6, 6.07) is 0. The van der Waals surface area contributed by atoms with Gasteiger partial charge >= 0.3 is 0 Å². The van der Waals surface area contributed by atoms with Gasteiger partial charge in [-0.15, -0.1) is 0 Å². The van der Waals surface area contributed by atoms with Gasteiger partial charge in [-0.05, 0) is 12.8 Å². The highest BCUT2D eigenvalue weighted by atomic mass is 19.1. The number of alkyl halides is 1. The van der Waals surface area contributed by atoms with E-state index in [9.17, 15) is 9.50 Å². The minimum absolute atomic E-state index is 0.0498. The van der Waals surface area contributed by atoms with Crippen LogP contribution in [0.4, 0.5) is 4.39 Å². The Morgan fingerprint density at radius 1 is 1.60 bits per heavy atom. The van der Waals surface area contributed by atoms with E-state index in [0.717, 1.165) is 12.8 Å². The molecule has 1 fully saturated rings. The molecule has 0 amide bonds. The summed E-state index contributed by atoms with van der Waals surface area (Å²) in [6.07, 6.45) is 1.65. The van der Waals surface area contributed by atoms with Gasteiger partial charge in [-0.1, -0.05) is 12.8 Å². The topological polar surface area (TPSA) is 46.2 Å². The molecule has 0 aromatic heterocycles. The highest BCUT2D eigenvalue weighted by molar-refractivity contribution is 4.90. The summed E-state index contributed by atoms with van der Waals surface area (Å²) in [5.74, 6) is 0. The zero-order valence-corrected chi connectivity index (χ0v) is 6.02. The monoisotopic (exact) mass is 147 g/mol. The average Bonchev–Trinajstić information content (AvgIpc) is 1.96. The van der Waals surface area contributed by atoms with Crippen molar-refractivity contribution in [3.8, 4) is 0 Å². The van der Waals surface area contributed by atoms with Crippen molar-refractivity contribution in [3.05, 3.63) is 0 Å². The molecule has 60 valence electrons. The molecule has 1 aliphatic rings. The maximum atomic E-state index is 12.9. The van der Waals surface area contributed by atoms with E-state index in [-0.39, 0.29) is 6.54 Å². The molecule has 0 spiro atoms. The van der Waals surface area contributed by atoms with E-state index in [1.165, 1.54) is 0 Å².